The summed E-state index contributed by atoms with van der Waals surface area (Å²) < 4.78 is 0. The molecule has 68 valence electrons. The molecule has 1 N–H and O–H groups in total. The third-order valence-corrected chi connectivity index (χ3v) is 3.18. The fraction of sp³-hybridized carbons (Fsp3) is 0.818. The van der Waals surface area contributed by atoms with E-state index in [9.17, 15) is 5.11 Å². The van der Waals surface area contributed by atoms with Gasteiger partial charge in [0, 0.05) is 0 Å². The van der Waals surface area contributed by atoms with Crippen molar-refractivity contribution in [3.8, 4) is 0 Å². The Labute approximate surface area is 74.5 Å². The number of hydrogen-bond donors (Lipinski definition) is 1. The monoisotopic (exact) mass is 166 g/mol. The van der Waals surface area contributed by atoms with E-state index >= 15 is 0 Å². The van der Waals surface area contributed by atoms with Gasteiger partial charge in [0.25, 0.3) is 0 Å². The van der Waals surface area contributed by atoms with Crippen LogP contribution in [-0.2, 0) is 0 Å². The predicted octanol–water partition coefficient (Wildman–Crippen LogP) is 2.36. The molecule has 0 aliphatic heterocycles. The van der Waals surface area contributed by atoms with E-state index in [2.05, 4.69) is 12.2 Å². The summed E-state index contributed by atoms with van der Waals surface area (Å²) in [6.07, 6.45) is 8.33. The van der Waals surface area contributed by atoms with Gasteiger partial charge in [0.1, 0.15) is 0 Å². The molecule has 0 aromatic rings. The van der Waals surface area contributed by atoms with Crippen LogP contribution in [0.3, 0.4) is 0 Å². The Morgan fingerprint density at radius 3 is 2.50 bits per heavy atom. The van der Waals surface area contributed by atoms with Gasteiger partial charge in [0.2, 0.25) is 0 Å². The molecular formula is C11H18O. The van der Waals surface area contributed by atoms with E-state index in [4.69, 9.17) is 0 Å². The minimum absolute atomic E-state index is 0.469. The Morgan fingerprint density at radius 1 is 1.33 bits per heavy atom. The predicted molar refractivity (Wildman–Crippen MR) is 49.8 cm³/mol. The highest BCUT2D eigenvalue weighted by Gasteiger charge is 2.37. The maximum absolute atomic E-state index is 9.68. The third-order valence-electron chi connectivity index (χ3n) is 3.18. The molecule has 2 bridgehead atoms. The number of rotatable bonds is 2. The van der Waals surface area contributed by atoms with E-state index < -0.39 is 5.60 Å². The maximum Gasteiger partial charge on any atom is 0.0594 e. The number of aliphatic hydroxyl groups is 1. The fourth-order valence-electron chi connectivity index (χ4n) is 2.77. The van der Waals surface area contributed by atoms with Crippen molar-refractivity contribution in [2.24, 2.45) is 17.8 Å². The average molecular weight is 166 g/mol. The van der Waals surface area contributed by atoms with Crippen molar-refractivity contribution in [2.75, 3.05) is 0 Å². The standard InChI is InChI=1S/C11H18O/c1-11(2,12)7-10-6-8-3-4-9(10)5-8/h3-4,8-10,12H,5-7H2,1-2H3/t8?,9?,10-/m1/s1. The second-order valence-electron chi connectivity index (χ2n) is 5.06. The molecule has 0 aromatic carbocycles. The van der Waals surface area contributed by atoms with Crippen LogP contribution in [0.2, 0.25) is 0 Å². The molecule has 1 heteroatoms. The number of fused-ring (bicyclic) bond motifs is 2. The molecule has 0 radical (unpaired) electrons. The van der Waals surface area contributed by atoms with Gasteiger partial charge in [-0.15, -0.1) is 0 Å². The van der Waals surface area contributed by atoms with E-state index in [0.717, 1.165) is 24.2 Å². The molecule has 3 atom stereocenters. The topological polar surface area (TPSA) is 20.2 Å². The molecule has 1 nitrogen and oxygen atoms in total. The molecular weight excluding hydrogens is 148 g/mol. The highest BCUT2D eigenvalue weighted by atomic mass is 16.3. The molecule has 2 aliphatic carbocycles. The molecule has 0 aromatic heterocycles. The minimum Gasteiger partial charge on any atom is -0.390 e. The highest BCUT2D eigenvalue weighted by molar-refractivity contribution is 5.10. The second kappa shape index (κ2) is 2.59. The van der Waals surface area contributed by atoms with Crippen molar-refractivity contribution in [3.63, 3.8) is 0 Å². The Bertz CT molecular complexity index is 200. The summed E-state index contributed by atoms with van der Waals surface area (Å²) >= 11 is 0. The summed E-state index contributed by atoms with van der Waals surface area (Å²) in [5.41, 5.74) is -0.469. The molecule has 0 spiro atoms. The van der Waals surface area contributed by atoms with E-state index in [-0.39, 0.29) is 0 Å². The summed E-state index contributed by atoms with van der Waals surface area (Å²) in [6.45, 7) is 3.84. The van der Waals surface area contributed by atoms with Crippen molar-refractivity contribution in [3.05, 3.63) is 12.2 Å². The van der Waals surface area contributed by atoms with Gasteiger partial charge in [-0.3, -0.25) is 0 Å². The van der Waals surface area contributed by atoms with E-state index in [1.54, 1.807) is 0 Å². The molecule has 0 heterocycles. The smallest absolute Gasteiger partial charge is 0.0594 e. The zero-order valence-corrected chi connectivity index (χ0v) is 7.96. The van der Waals surface area contributed by atoms with Gasteiger partial charge < -0.3 is 5.11 Å². The molecule has 1 saturated carbocycles. The van der Waals surface area contributed by atoms with Crippen LogP contribution in [0.4, 0.5) is 0 Å². The average Bonchev–Trinajstić information content (AvgIpc) is 2.42. The van der Waals surface area contributed by atoms with Gasteiger partial charge in [0.05, 0.1) is 5.60 Å². The Kier molecular flexibility index (Phi) is 1.80. The van der Waals surface area contributed by atoms with E-state index in [1.807, 2.05) is 13.8 Å². The molecule has 0 amide bonds. The SMILES string of the molecule is CC(C)(O)C[C@H]1CC2C=CC1C2. The maximum atomic E-state index is 9.68. The van der Waals surface area contributed by atoms with Crippen LogP contribution in [0.5, 0.6) is 0 Å². The van der Waals surface area contributed by atoms with Crippen LogP contribution in [0.25, 0.3) is 0 Å². The summed E-state index contributed by atoms with van der Waals surface area (Å²) in [4.78, 5) is 0. The van der Waals surface area contributed by atoms with Crippen molar-refractivity contribution < 1.29 is 5.11 Å². The quantitative estimate of drug-likeness (QED) is 0.624. The lowest BCUT2D eigenvalue weighted by atomic mass is 9.84. The highest BCUT2D eigenvalue weighted by Crippen LogP contribution is 2.46. The van der Waals surface area contributed by atoms with Crippen molar-refractivity contribution in [1.82, 2.24) is 0 Å². The van der Waals surface area contributed by atoms with E-state index in [0.29, 0.717) is 0 Å². The summed E-state index contributed by atoms with van der Waals surface area (Å²) in [5, 5.41) is 9.68. The van der Waals surface area contributed by atoms with Gasteiger partial charge in [-0.25, -0.2) is 0 Å². The summed E-state index contributed by atoms with van der Waals surface area (Å²) in [7, 11) is 0. The molecule has 1 fully saturated rings. The van der Waals surface area contributed by atoms with Crippen molar-refractivity contribution >= 4 is 0 Å². The van der Waals surface area contributed by atoms with Crippen LogP contribution >= 0.6 is 0 Å². The molecule has 12 heavy (non-hydrogen) atoms. The van der Waals surface area contributed by atoms with Crippen LogP contribution < -0.4 is 0 Å². The summed E-state index contributed by atoms with van der Waals surface area (Å²) in [6, 6.07) is 0. The fourth-order valence-corrected chi connectivity index (χ4v) is 2.77. The molecule has 2 unspecified atom stereocenters. The van der Waals surface area contributed by atoms with Crippen molar-refractivity contribution in [2.45, 2.75) is 38.7 Å². The first-order valence-electron chi connectivity index (χ1n) is 4.95. The zero-order chi connectivity index (χ0) is 8.77. The van der Waals surface area contributed by atoms with Crippen LogP contribution in [-0.4, -0.2) is 10.7 Å². The molecule has 2 aliphatic rings. The first-order chi connectivity index (χ1) is 5.54. The normalized spacial score (nSPS) is 39.4. The number of allylic oxidation sites excluding steroid dienone is 2. The summed E-state index contributed by atoms with van der Waals surface area (Å²) in [5.74, 6) is 2.36. The zero-order valence-electron chi connectivity index (χ0n) is 7.96. The second-order valence-corrected chi connectivity index (χ2v) is 5.06. The largest absolute Gasteiger partial charge is 0.390 e. The van der Waals surface area contributed by atoms with Crippen LogP contribution in [0.15, 0.2) is 12.2 Å². The van der Waals surface area contributed by atoms with Crippen LogP contribution in [0.1, 0.15) is 33.1 Å². The Balaban J connectivity index is 1.96. The van der Waals surface area contributed by atoms with Gasteiger partial charge in [-0.05, 0) is 50.9 Å². The van der Waals surface area contributed by atoms with Gasteiger partial charge in [-0.1, -0.05) is 12.2 Å². The Morgan fingerprint density at radius 2 is 2.08 bits per heavy atom. The van der Waals surface area contributed by atoms with Crippen molar-refractivity contribution in [1.29, 1.82) is 0 Å². The minimum atomic E-state index is -0.469. The first kappa shape index (κ1) is 8.31. The third kappa shape index (κ3) is 1.56. The van der Waals surface area contributed by atoms with Gasteiger partial charge in [-0.2, -0.15) is 0 Å². The van der Waals surface area contributed by atoms with E-state index in [1.165, 1.54) is 12.8 Å². The van der Waals surface area contributed by atoms with Gasteiger partial charge in [0.15, 0.2) is 0 Å². The van der Waals surface area contributed by atoms with Crippen LogP contribution in [0, 0.1) is 17.8 Å². The molecule has 2 rings (SSSR count). The lowest BCUT2D eigenvalue weighted by Gasteiger charge is -2.25. The Hall–Kier alpha value is -0.300. The molecule has 0 saturated heterocycles. The first-order valence-corrected chi connectivity index (χ1v) is 4.95. The number of hydrogen-bond acceptors (Lipinski definition) is 1. The van der Waals surface area contributed by atoms with Gasteiger partial charge >= 0.3 is 0 Å². The lowest BCUT2D eigenvalue weighted by molar-refractivity contribution is 0.0482. The lowest BCUT2D eigenvalue weighted by Crippen LogP contribution is -2.25.